The Bertz CT molecular complexity index is 651. The Kier molecular flexibility index (Phi) is 5.54. The Morgan fingerprint density at radius 2 is 2.12 bits per heavy atom. The van der Waals surface area contributed by atoms with Crippen LogP contribution in [0.5, 0.6) is 0 Å². The quantitative estimate of drug-likeness (QED) is 0.866. The molecule has 9 heteroatoms. The van der Waals surface area contributed by atoms with E-state index in [2.05, 4.69) is 10.3 Å². The SMILES string of the molecule is CCc1cnccc1C(C)NC(=O)N1C[C@@H](C(F)(F)F)[C@H](C(=O)O)C1. The first-order valence-electron chi connectivity index (χ1n) is 7.92. The summed E-state index contributed by atoms with van der Waals surface area (Å²) in [5, 5.41) is 11.7. The summed E-state index contributed by atoms with van der Waals surface area (Å²) in [5.41, 5.74) is 1.75. The van der Waals surface area contributed by atoms with Gasteiger partial charge >= 0.3 is 18.2 Å². The third kappa shape index (κ3) is 4.21. The van der Waals surface area contributed by atoms with Gasteiger partial charge in [0, 0.05) is 25.5 Å². The zero-order valence-corrected chi connectivity index (χ0v) is 13.9. The molecule has 138 valence electrons. The highest BCUT2D eigenvalue weighted by atomic mass is 19.4. The highest BCUT2D eigenvalue weighted by molar-refractivity contribution is 5.78. The predicted molar refractivity (Wildman–Crippen MR) is 82.8 cm³/mol. The average Bonchev–Trinajstić information content (AvgIpc) is 3.00. The molecule has 1 unspecified atom stereocenters. The van der Waals surface area contributed by atoms with E-state index in [0.29, 0.717) is 6.42 Å². The number of hydrogen-bond donors (Lipinski definition) is 2. The number of nitrogens with zero attached hydrogens (tertiary/aromatic N) is 2. The monoisotopic (exact) mass is 359 g/mol. The van der Waals surface area contributed by atoms with E-state index in [0.717, 1.165) is 16.0 Å². The third-order valence-corrected chi connectivity index (χ3v) is 4.47. The number of likely N-dealkylation sites (tertiary alicyclic amines) is 1. The number of aryl methyl sites for hydroxylation is 1. The van der Waals surface area contributed by atoms with Gasteiger partial charge in [0.25, 0.3) is 0 Å². The number of halogens is 3. The number of carbonyl (C=O) groups excluding carboxylic acids is 1. The molecule has 6 nitrogen and oxygen atoms in total. The van der Waals surface area contributed by atoms with Crippen molar-refractivity contribution >= 4 is 12.0 Å². The molecule has 3 atom stereocenters. The first-order valence-corrected chi connectivity index (χ1v) is 7.92. The molecule has 25 heavy (non-hydrogen) atoms. The molecule has 1 saturated heterocycles. The molecule has 0 saturated carbocycles. The fraction of sp³-hybridized carbons (Fsp3) is 0.562. The highest BCUT2D eigenvalue weighted by Gasteiger charge is 2.53. The topological polar surface area (TPSA) is 82.5 Å². The maximum absolute atomic E-state index is 13.0. The largest absolute Gasteiger partial charge is 0.481 e. The Morgan fingerprint density at radius 3 is 2.64 bits per heavy atom. The summed E-state index contributed by atoms with van der Waals surface area (Å²) >= 11 is 0. The zero-order valence-electron chi connectivity index (χ0n) is 13.9. The summed E-state index contributed by atoms with van der Waals surface area (Å²) < 4.78 is 39.0. The second-order valence-electron chi connectivity index (χ2n) is 6.10. The van der Waals surface area contributed by atoms with Gasteiger partial charge in [-0.25, -0.2) is 4.79 Å². The Balaban J connectivity index is 2.09. The minimum absolute atomic E-state index is 0.432. The number of rotatable bonds is 4. The summed E-state index contributed by atoms with van der Waals surface area (Å²) in [7, 11) is 0. The summed E-state index contributed by atoms with van der Waals surface area (Å²) in [6.07, 6.45) is -0.713. The fourth-order valence-corrected chi connectivity index (χ4v) is 3.06. The molecule has 0 radical (unpaired) electrons. The van der Waals surface area contributed by atoms with E-state index in [4.69, 9.17) is 5.11 Å². The molecule has 2 rings (SSSR count). The predicted octanol–water partition coefficient (Wildman–Crippen LogP) is 2.61. The van der Waals surface area contributed by atoms with Crippen LogP contribution in [0.1, 0.15) is 31.0 Å². The van der Waals surface area contributed by atoms with E-state index in [9.17, 15) is 22.8 Å². The van der Waals surface area contributed by atoms with Gasteiger partial charge in [-0.15, -0.1) is 0 Å². The minimum Gasteiger partial charge on any atom is -0.481 e. The van der Waals surface area contributed by atoms with Crippen LogP contribution in [0, 0.1) is 11.8 Å². The van der Waals surface area contributed by atoms with Crippen LogP contribution < -0.4 is 5.32 Å². The van der Waals surface area contributed by atoms with Crippen LogP contribution in [0.2, 0.25) is 0 Å². The molecule has 1 aliphatic heterocycles. The summed E-state index contributed by atoms with van der Waals surface area (Å²) in [6, 6.07) is 0.606. The van der Waals surface area contributed by atoms with Gasteiger partial charge in [0.15, 0.2) is 0 Å². The average molecular weight is 359 g/mol. The first-order chi connectivity index (χ1) is 11.6. The molecular formula is C16H20F3N3O3. The van der Waals surface area contributed by atoms with Gasteiger partial charge < -0.3 is 15.3 Å². The van der Waals surface area contributed by atoms with Gasteiger partial charge in [-0.1, -0.05) is 6.92 Å². The van der Waals surface area contributed by atoms with Crippen molar-refractivity contribution in [3.8, 4) is 0 Å². The van der Waals surface area contributed by atoms with Crippen LogP contribution >= 0.6 is 0 Å². The normalized spacial score (nSPS) is 21.9. The lowest BCUT2D eigenvalue weighted by Gasteiger charge is -2.22. The number of pyridine rings is 1. The molecule has 0 aliphatic carbocycles. The van der Waals surface area contributed by atoms with Crippen molar-refractivity contribution in [2.75, 3.05) is 13.1 Å². The molecule has 0 spiro atoms. The van der Waals surface area contributed by atoms with Crippen molar-refractivity contribution in [3.63, 3.8) is 0 Å². The number of nitrogens with one attached hydrogen (secondary N) is 1. The van der Waals surface area contributed by atoms with Gasteiger partial charge in [-0.05, 0) is 30.5 Å². The van der Waals surface area contributed by atoms with Gasteiger partial charge in [0.05, 0.1) is 17.9 Å². The summed E-state index contributed by atoms with van der Waals surface area (Å²) in [5.74, 6) is -5.25. The molecule has 1 fully saturated rings. The molecule has 1 aromatic rings. The van der Waals surface area contributed by atoms with Crippen molar-refractivity contribution in [1.29, 1.82) is 0 Å². The number of carboxylic acid groups (broad SMARTS) is 1. The van der Waals surface area contributed by atoms with Crippen molar-refractivity contribution in [2.24, 2.45) is 11.8 Å². The Morgan fingerprint density at radius 1 is 1.44 bits per heavy atom. The van der Waals surface area contributed by atoms with Gasteiger partial charge in [0.2, 0.25) is 0 Å². The van der Waals surface area contributed by atoms with Crippen LogP contribution in [0.15, 0.2) is 18.5 Å². The maximum atomic E-state index is 13.0. The van der Waals surface area contributed by atoms with E-state index in [1.807, 2.05) is 6.92 Å². The molecule has 2 heterocycles. The highest BCUT2D eigenvalue weighted by Crippen LogP contribution is 2.37. The third-order valence-electron chi connectivity index (χ3n) is 4.47. The van der Waals surface area contributed by atoms with Crippen molar-refractivity contribution < 1.29 is 27.9 Å². The van der Waals surface area contributed by atoms with E-state index in [1.165, 1.54) is 0 Å². The van der Waals surface area contributed by atoms with E-state index < -0.39 is 49.1 Å². The van der Waals surface area contributed by atoms with Crippen LogP contribution in [-0.2, 0) is 11.2 Å². The van der Waals surface area contributed by atoms with Gasteiger partial charge in [-0.2, -0.15) is 13.2 Å². The standard InChI is InChI=1S/C16H20F3N3O3/c1-3-10-6-20-5-4-11(10)9(2)21-15(25)22-7-12(14(23)24)13(8-22)16(17,18)19/h4-6,9,12-13H,3,7-8H2,1-2H3,(H,21,25)(H,23,24)/t9?,12-,13-/m1/s1. The number of aromatic nitrogens is 1. The zero-order chi connectivity index (χ0) is 18.8. The van der Waals surface area contributed by atoms with Crippen molar-refractivity contribution in [2.45, 2.75) is 32.5 Å². The number of hydrogen-bond acceptors (Lipinski definition) is 3. The fourth-order valence-electron chi connectivity index (χ4n) is 3.06. The molecule has 2 N–H and O–H groups in total. The Labute approximate surface area is 143 Å². The lowest BCUT2D eigenvalue weighted by atomic mass is 9.96. The van der Waals surface area contributed by atoms with Crippen LogP contribution in [0.3, 0.4) is 0 Å². The van der Waals surface area contributed by atoms with E-state index in [-0.39, 0.29) is 0 Å². The van der Waals surface area contributed by atoms with Crippen LogP contribution in [-0.4, -0.2) is 46.3 Å². The molecule has 0 aromatic carbocycles. The lowest BCUT2D eigenvalue weighted by Crippen LogP contribution is -2.40. The number of alkyl halides is 3. The number of carbonyl (C=O) groups is 2. The van der Waals surface area contributed by atoms with Crippen LogP contribution in [0.25, 0.3) is 0 Å². The van der Waals surface area contributed by atoms with E-state index >= 15 is 0 Å². The smallest absolute Gasteiger partial charge is 0.394 e. The van der Waals surface area contributed by atoms with Crippen molar-refractivity contribution in [1.82, 2.24) is 15.2 Å². The van der Waals surface area contributed by atoms with E-state index in [1.54, 1.807) is 25.4 Å². The number of urea groups is 1. The number of aliphatic carboxylic acids is 1. The molecule has 0 bridgehead atoms. The molecule has 1 aliphatic rings. The lowest BCUT2D eigenvalue weighted by molar-refractivity contribution is -0.187. The van der Waals surface area contributed by atoms with Gasteiger partial charge in [-0.3, -0.25) is 9.78 Å². The first kappa shape index (κ1) is 19.0. The second-order valence-corrected chi connectivity index (χ2v) is 6.10. The summed E-state index contributed by atoms with van der Waals surface area (Å²) in [6.45, 7) is 2.53. The Hall–Kier alpha value is -2.32. The summed E-state index contributed by atoms with van der Waals surface area (Å²) in [4.78, 5) is 28.3. The molecular weight excluding hydrogens is 339 g/mol. The number of amides is 2. The minimum atomic E-state index is -4.66. The van der Waals surface area contributed by atoms with Crippen molar-refractivity contribution in [3.05, 3.63) is 29.6 Å². The number of carboxylic acids is 1. The second kappa shape index (κ2) is 7.28. The molecule has 1 aromatic heterocycles. The van der Waals surface area contributed by atoms with Gasteiger partial charge in [0.1, 0.15) is 0 Å². The molecule has 2 amide bonds. The van der Waals surface area contributed by atoms with Crippen LogP contribution in [0.4, 0.5) is 18.0 Å². The maximum Gasteiger partial charge on any atom is 0.394 e.